The Hall–Kier alpha value is -0.870. The van der Waals surface area contributed by atoms with Gasteiger partial charge in [-0.1, -0.05) is 38.1 Å². The van der Waals surface area contributed by atoms with E-state index < -0.39 is 14.6 Å². The topological polar surface area (TPSA) is 65.0 Å². The van der Waals surface area contributed by atoms with E-state index in [-0.39, 0.29) is 29.7 Å². The van der Waals surface area contributed by atoms with Gasteiger partial charge in [0, 0.05) is 33.2 Å². The molecule has 0 radical (unpaired) electrons. The number of nitrogens with one attached hydrogen (secondary N) is 1. The molecule has 0 amide bonds. The monoisotopic (exact) mass is 522 g/mol. The van der Waals surface area contributed by atoms with Crippen LogP contribution >= 0.6 is 24.0 Å². The lowest BCUT2D eigenvalue weighted by atomic mass is 10.1. The first-order chi connectivity index (χ1) is 12.7. The average Bonchev–Trinajstić information content (AvgIpc) is 2.63. The highest BCUT2D eigenvalue weighted by atomic mass is 127. The predicted molar refractivity (Wildman–Crippen MR) is 128 cm³/mol. The molecule has 1 N–H and O–H groups in total. The van der Waals surface area contributed by atoms with Gasteiger partial charge in [0.25, 0.3) is 0 Å². The Morgan fingerprint density at radius 2 is 1.89 bits per heavy atom. The minimum Gasteiger partial charge on any atom is -0.352 e. The molecule has 0 unspecified atom stereocenters. The molecule has 0 bridgehead atoms. The maximum absolute atomic E-state index is 12.2. The number of hydrogen-bond donors (Lipinski definition) is 1. The molecule has 1 aliphatic rings. The van der Waals surface area contributed by atoms with E-state index in [1.165, 1.54) is 11.1 Å². The number of sulfone groups is 1. The number of hydrogen-bond acceptors (Lipinski definition) is 4. The molecule has 1 aliphatic heterocycles. The second-order valence-corrected chi connectivity index (χ2v) is 10.4. The van der Waals surface area contributed by atoms with Crippen LogP contribution in [0.4, 0.5) is 0 Å². The van der Waals surface area contributed by atoms with Crippen molar-refractivity contribution in [3.05, 3.63) is 35.4 Å². The van der Waals surface area contributed by atoms with E-state index >= 15 is 0 Å². The summed E-state index contributed by atoms with van der Waals surface area (Å²) < 4.78 is 23.7. The fraction of sp³-hybridized carbons (Fsp3) is 0.650. The van der Waals surface area contributed by atoms with Crippen molar-refractivity contribution in [3.63, 3.8) is 0 Å². The van der Waals surface area contributed by atoms with Crippen LogP contribution < -0.4 is 5.32 Å². The minimum absolute atomic E-state index is 0. The maximum atomic E-state index is 12.2. The van der Waals surface area contributed by atoms with Gasteiger partial charge in [-0.15, -0.1) is 24.0 Å². The Labute approximate surface area is 187 Å². The highest BCUT2D eigenvalue weighted by Crippen LogP contribution is 2.23. The first-order valence-electron chi connectivity index (χ1n) is 9.70. The van der Waals surface area contributed by atoms with Crippen LogP contribution in [0.3, 0.4) is 0 Å². The Kier molecular flexibility index (Phi) is 9.69. The predicted octanol–water partition coefficient (Wildman–Crippen LogP) is 2.73. The van der Waals surface area contributed by atoms with Gasteiger partial charge in [0.15, 0.2) is 15.8 Å². The van der Waals surface area contributed by atoms with Gasteiger partial charge in [-0.25, -0.2) is 8.42 Å². The van der Waals surface area contributed by atoms with Crippen molar-refractivity contribution in [2.45, 2.75) is 45.5 Å². The summed E-state index contributed by atoms with van der Waals surface area (Å²) in [4.78, 5) is 8.80. The molecule has 0 atom stereocenters. The van der Waals surface area contributed by atoms with Crippen LogP contribution in [0.2, 0.25) is 0 Å². The van der Waals surface area contributed by atoms with E-state index in [9.17, 15) is 8.42 Å². The Bertz CT molecular complexity index is 761. The van der Waals surface area contributed by atoms with Crippen molar-refractivity contribution in [2.75, 3.05) is 39.0 Å². The van der Waals surface area contributed by atoms with Gasteiger partial charge in [0.1, 0.15) is 0 Å². The standard InChI is InChI=1S/C20H34N4O2S.HI/c1-6-23(7-2)15-18-10-8-9-17(13-18)14-22-19(21-5)24-11-12-27(25,26)20(3,4)16-24;/h8-10,13H,6-7,11-12,14-16H2,1-5H3,(H,21,22);1H. The zero-order chi connectivity index (χ0) is 20.1. The molecule has 0 saturated carbocycles. The zero-order valence-corrected chi connectivity index (χ0v) is 20.9. The van der Waals surface area contributed by atoms with Crippen LogP contribution in [-0.2, 0) is 22.9 Å². The van der Waals surface area contributed by atoms with E-state index in [1.54, 1.807) is 20.9 Å². The number of halogens is 1. The largest absolute Gasteiger partial charge is 0.352 e. The van der Waals surface area contributed by atoms with Crippen molar-refractivity contribution in [3.8, 4) is 0 Å². The van der Waals surface area contributed by atoms with Crippen LogP contribution in [0, 0.1) is 0 Å². The molecule has 1 fully saturated rings. The molecule has 0 spiro atoms. The van der Waals surface area contributed by atoms with Crippen LogP contribution in [-0.4, -0.2) is 67.9 Å². The van der Waals surface area contributed by atoms with Crippen LogP contribution in [0.15, 0.2) is 29.3 Å². The van der Waals surface area contributed by atoms with Crippen LogP contribution in [0.25, 0.3) is 0 Å². The van der Waals surface area contributed by atoms with Gasteiger partial charge in [-0.3, -0.25) is 9.89 Å². The molecular formula is C20H35IN4O2S. The Balaban J connectivity index is 0.00000392. The summed E-state index contributed by atoms with van der Waals surface area (Å²) in [5, 5.41) is 3.40. The molecule has 1 aromatic carbocycles. The molecule has 1 aromatic rings. The third-order valence-corrected chi connectivity index (χ3v) is 7.83. The lowest BCUT2D eigenvalue weighted by molar-refractivity contribution is 0.296. The maximum Gasteiger partial charge on any atom is 0.193 e. The van der Waals surface area contributed by atoms with E-state index in [0.717, 1.165) is 25.6 Å². The van der Waals surface area contributed by atoms with Crippen molar-refractivity contribution in [1.29, 1.82) is 0 Å². The van der Waals surface area contributed by atoms with Gasteiger partial charge in [-0.2, -0.15) is 0 Å². The number of nitrogens with zero attached hydrogens (tertiary/aromatic N) is 3. The normalized spacial score (nSPS) is 18.6. The quantitative estimate of drug-likeness (QED) is 0.354. The van der Waals surface area contributed by atoms with Gasteiger partial charge >= 0.3 is 0 Å². The minimum atomic E-state index is -3.05. The van der Waals surface area contributed by atoms with Gasteiger partial charge in [0.05, 0.1) is 10.5 Å². The van der Waals surface area contributed by atoms with Crippen LogP contribution in [0.5, 0.6) is 0 Å². The fourth-order valence-corrected chi connectivity index (χ4v) is 4.75. The molecule has 0 aliphatic carbocycles. The highest BCUT2D eigenvalue weighted by Gasteiger charge is 2.40. The summed E-state index contributed by atoms with van der Waals surface area (Å²) in [5.41, 5.74) is 2.50. The molecule has 0 aromatic heterocycles. The molecule has 28 heavy (non-hydrogen) atoms. The van der Waals surface area contributed by atoms with Crippen molar-refractivity contribution in [1.82, 2.24) is 15.1 Å². The van der Waals surface area contributed by atoms with Gasteiger partial charge < -0.3 is 10.2 Å². The fourth-order valence-electron chi connectivity index (χ4n) is 3.38. The number of aliphatic imine (C=N–C) groups is 1. The summed E-state index contributed by atoms with van der Waals surface area (Å²) in [7, 11) is -1.31. The van der Waals surface area contributed by atoms with Crippen molar-refractivity contribution in [2.24, 2.45) is 4.99 Å². The summed E-state index contributed by atoms with van der Waals surface area (Å²) in [6, 6.07) is 8.59. The first-order valence-corrected chi connectivity index (χ1v) is 11.4. The zero-order valence-electron chi connectivity index (χ0n) is 17.7. The number of rotatable bonds is 6. The number of guanidine groups is 1. The molecule has 1 heterocycles. The molecule has 6 nitrogen and oxygen atoms in total. The summed E-state index contributed by atoms with van der Waals surface area (Å²) >= 11 is 0. The highest BCUT2D eigenvalue weighted by molar-refractivity contribution is 14.0. The summed E-state index contributed by atoms with van der Waals surface area (Å²) in [6.07, 6.45) is 0. The summed E-state index contributed by atoms with van der Waals surface area (Å²) in [5.74, 6) is 0.923. The second-order valence-electron chi connectivity index (χ2n) is 7.68. The SMILES string of the molecule is CCN(CC)Cc1cccc(CNC(=NC)N2CCS(=O)(=O)C(C)(C)C2)c1.I. The molecular weight excluding hydrogens is 487 g/mol. The lowest BCUT2D eigenvalue weighted by Crippen LogP contribution is -2.57. The lowest BCUT2D eigenvalue weighted by Gasteiger charge is -2.39. The van der Waals surface area contributed by atoms with Crippen molar-refractivity contribution >= 4 is 39.8 Å². The van der Waals surface area contributed by atoms with Crippen LogP contribution in [0.1, 0.15) is 38.8 Å². The van der Waals surface area contributed by atoms with E-state index in [1.807, 2.05) is 4.90 Å². The molecule has 160 valence electrons. The van der Waals surface area contributed by atoms with Gasteiger partial charge in [-0.05, 0) is 38.1 Å². The molecule has 8 heteroatoms. The Morgan fingerprint density at radius 3 is 2.46 bits per heavy atom. The van der Waals surface area contributed by atoms with E-state index in [2.05, 4.69) is 53.3 Å². The number of benzene rings is 1. The molecule has 2 rings (SSSR count). The van der Waals surface area contributed by atoms with Gasteiger partial charge in [0.2, 0.25) is 0 Å². The third-order valence-electron chi connectivity index (χ3n) is 5.30. The Morgan fingerprint density at radius 1 is 1.25 bits per heavy atom. The average molecular weight is 522 g/mol. The molecule has 1 saturated heterocycles. The third kappa shape index (κ3) is 6.32. The first kappa shape index (κ1) is 25.2. The second kappa shape index (κ2) is 10.8. The van der Waals surface area contributed by atoms with Crippen molar-refractivity contribution < 1.29 is 8.42 Å². The summed E-state index contributed by atoms with van der Waals surface area (Å²) in [6.45, 7) is 12.6. The van der Waals surface area contributed by atoms with E-state index in [4.69, 9.17) is 0 Å². The smallest absolute Gasteiger partial charge is 0.193 e. The van der Waals surface area contributed by atoms with E-state index in [0.29, 0.717) is 19.6 Å².